The van der Waals surface area contributed by atoms with E-state index in [0.29, 0.717) is 31.0 Å². The standard InChI is InChI=1S/C22H30N4O4S/c1-3-12-26-19(15-25(21(27)23-4-2)16-20-11-8-13-30-20)14-24-22(26)31(28,29)17-18-9-6-5-7-10-18/h3,5-7,9-10,14,20H,1,4,8,11-13,15-17H2,2H3,(H,23,27)/t20-/m1/s1. The lowest BCUT2D eigenvalue weighted by Crippen LogP contribution is -2.43. The second-order valence-corrected chi connectivity index (χ2v) is 9.41. The van der Waals surface area contributed by atoms with E-state index in [-0.39, 0.29) is 36.1 Å². The van der Waals surface area contributed by atoms with Crippen molar-refractivity contribution in [1.82, 2.24) is 19.8 Å². The van der Waals surface area contributed by atoms with Crippen molar-refractivity contribution in [3.8, 4) is 0 Å². The molecule has 0 radical (unpaired) electrons. The number of hydrogen-bond acceptors (Lipinski definition) is 5. The van der Waals surface area contributed by atoms with Gasteiger partial charge in [0.1, 0.15) is 0 Å². The van der Waals surface area contributed by atoms with Crippen LogP contribution in [0.25, 0.3) is 0 Å². The molecule has 2 aromatic rings. The first-order valence-corrected chi connectivity index (χ1v) is 12.2. The molecule has 1 aliphatic rings. The van der Waals surface area contributed by atoms with Gasteiger partial charge in [0, 0.05) is 26.2 Å². The molecule has 0 saturated carbocycles. The molecule has 2 amide bonds. The molecule has 1 aromatic heterocycles. The number of urea groups is 1. The Bertz CT molecular complexity index is 982. The zero-order chi connectivity index (χ0) is 22.3. The van der Waals surface area contributed by atoms with Crippen LogP contribution in [0.5, 0.6) is 0 Å². The first kappa shape index (κ1) is 23.0. The van der Waals surface area contributed by atoms with Crippen LogP contribution >= 0.6 is 0 Å². The van der Waals surface area contributed by atoms with Gasteiger partial charge in [-0.05, 0) is 25.3 Å². The number of allylic oxidation sites excluding steroid dienone is 1. The summed E-state index contributed by atoms with van der Waals surface area (Å²) in [6.07, 6.45) is 5.02. The molecule has 0 spiro atoms. The Morgan fingerprint density at radius 2 is 2.16 bits per heavy atom. The van der Waals surface area contributed by atoms with Gasteiger partial charge in [0.05, 0.1) is 30.3 Å². The third-order valence-corrected chi connectivity index (χ3v) is 6.70. The zero-order valence-corrected chi connectivity index (χ0v) is 18.7. The van der Waals surface area contributed by atoms with E-state index in [1.807, 2.05) is 25.1 Å². The van der Waals surface area contributed by atoms with Gasteiger partial charge >= 0.3 is 6.03 Å². The number of aromatic nitrogens is 2. The predicted octanol–water partition coefficient (Wildman–Crippen LogP) is 2.75. The van der Waals surface area contributed by atoms with Gasteiger partial charge in [0.15, 0.2) is 0 Å². The van der Waals surface area contributed by atoms with Gasteiger partial charge in [-0.3, -0.25) is 0 Å². The smallest absolute Gasteiger partial charge is 0.317 e. The minimum absolute atomic E-state index is 0.0142. The number of benzene rings is 1. The first-order chi connectivity index (χ1) is 14.9. The summed E-state index contributed by atoms with van der Waals surface area (Å²) in [7, 11) is -3.67. The van der Waals surface area contributed by atoms with Gasteiger partial charge in [-0.25, -0.2) is 18.2 Å². The second kappa shape index (κ2) is 10.6. The summed E-state index contributed by atoms with van der Waals surface area (Å²) in [6.45, 7) is 7.77. The van der Waals surface area contributed by atoms with E-state index < -0.39 is 9.84 Å². The minimum Gasteiger partial charge on any atom is -0.376 e. The number of carbonyl (C=O) groups excluding carboxylic acids is 1. The highest BCUT2D eigenvalue weighted by atomic mass is 32.2. The monoisotopic (exact) mass is 446 g/mol. The number of rotatable bonds is 10. The van der Waals surface area contributed by atoms with E-state index >= 15 is 0 Å². The largest absolute Gasteiger partial charge is 0.376 e. The van der Waals surface area contributed by atoms with Crippen molar-refractivity contribution in [3.63, 3.8) is 0 Å². The Labute approximate surface area is 183 Å². The van der Waals surface area contributed by atoms with E-state index in [9.17, 15) is 13.2 Å². The summed E-state index contributed by atoms with van der Waals surface area (Å²) in [4.78, 5) is 18.5. The topological polar surface area (TPSA) is 93.5 Å². The van der Waals surface area contributed by atoms with Crippen LogP contribution in [0.1, 0.15) is 31.0 Å². The van der Waals surface area contributed by atoms with Crippen molar-refractivity contribution in [2.24, 2.45) is 0 Å². The van der Waals surface area contributed by atoms with Crippen LogP contribution in [0.2, 0.25) is 0 Å². The Morgan fingerprint density at radius 3 is 2.81 bits per heavy atom. The Hall–Kier alpha value is -2.65. The molecule has 1 fully saturated rings. The molecule has 2 heterocycles. The molecule has 1 saturated heterocycles. The molecular formula is C22H30N4O4S. The summed E-state index contributed by atoms with van der Waals surface area (Å²) in [6, 6.07) is 8.80. The lowest BCUT2D eigenvalue weighted by molar-refractivity contribution is 0.0790. The normalized spacial score (nSPS) is 16.2. The molecule has 8 nitrogen and oxygen atoms in total. The third kappa shape index (κ3) is 5.95. The number of ether oxygens (including phenoxy) is 1. The molecule has 1 N–H and O–H groups in total. The van der Waals surface area contributed by atoms with E-state index in [1.54, 1.807) is 27.7 Å². The summed E-state index contributed by atoms with van der Waals surface area (Å²) >= 11 is 0. The van der Waals surface area contributed by atoms with Crippen molar-refractivity contribution in [2.75, 3.05) is 19.7 Å². The van der Waals surface area contributed by atoms with Crippen molar-refractivity contribution < 1.29 is 17.9 Å². The Balaban J connectivity index is 1.86. The quantitative estimate of drug-likeness (QED) is 0.567. The highest BCUT2D eigenvalue weighted by Gasteiger charge is 2.27. The molecular weight excluding hydrogens is 416 g/mol. The minimum atomic E-state index is -3.67. The molecule has 0 bridgehead atoms. The highest BCUT2D eigenvalue weighted by Crippen LogP contribution is 2.20. The van der Waals surface area contributed by atoms with E-state index in [2.05, 4.69) is 16.9 Å². The summed E-state index contributed by atoms with van der Waals surface area (Å²) in [5.74, 6) is -0.141. The molecule has 3 rings (SSSR count). The van der Waals surface area contributed by atoms with E-state index in [1.165, 1.54) is 6.20 Å². The van der Waals surface area contributed by atoms with Gasteiger partial charge in [-0.15, -0.1) is 6.58 Å². The number of hydrogen-bond donors (Lipinski definition) is 1. The molecule has 1 aliphatic heterocycles. The summed E-state index contributed by atoms with van der Waals surface area (Å²) in [5.41, 5.74) is 1.33. The van der Waals surface area contributed by atoms with Crippen molar-refractivity contribution in [1.29, 1.82) is 0 Å². The number of nitrogens with one attached hydrogen (secondary N) is 1. The van der Waals surface area contributed by atoms with Crippen molar-refractivity contribution in [3.05, 3.63) is 60.4 Å². The summed E-state index contributed by atoms with van der Waals surface area (Å²) < 4.78 is 33.5. The molecule has 31 heavy (non-hydrogen) atoms. The van der Waals surface area contributed by atoms with Gasteiger partial charge in [0.2, 0.25) is 15.0 Å². The molecule has 168 valence electrons. The fourth-order valence-electron chi connectivity index (χ4n) is 3.66. The highest BCUT2D eigenvalue weighted by molar-refractivity contribution is 7.90. The van der Waals surface area contributed by atoms with Crippen molar-refractivity contribution >= 4 is 15.9 Å². The van der Waals surface area contributed by atoms with Gasteiger partial charge in [0.25, 0.3) is 0 Å². The number of sulfone groups is 1. The van der Waals surface area contributed by atoms with Crippen LogP contribution in [-0.4, -0.2) is 54.7 Å². The maximum atomic E-state index is 13.1. The number of carbonyl (C=O) groups is 1. The van der Waals surface area contributed by atoms with Crippen LogP contribution in [0.4, 0.5) is 4.79 Å². The van der Waals surface area contributed by atoms with Crippen LogP contribution in [0.15, 0.2) is 54.3 Å². The Kier molecular flexibility index (Phi) is 7.86. The number of amides is 2. The maximum Gasteiger partial charge on any atom is 0.317 e. The van der Waals surface area contributed by atoms with E-state index in [0.717, 1.165) is 12.8 Å². The summed E-state index contributed by atoms with van der Waals surface area (Å²) in [5, 5.41) is 2.81. The molecule has 1 aromatic carbocycles. The van der Waals surface area contributed by atoms with Crippen molar-refractivity contribution in [2.45, 2.75) is 49.9 Å². The molecule has 1 atom stereocenters. The average molecular weight is 447 g/mol. The third-order valence-electron chi connectivity index (χ3n) is 5.11. The first-order valence-electron chi connectivity index (χ1n) is 10.5. The number of nitrogens with zero attached hydrogens (tertiary/aromatic N) is 3. The lowest BCUT2D eigenvalue weighted by Gasteiger charge is -2.26. The molecule has 0 aliphatic carbocycles. The van der Waals surface area contributed by atoms with E-state index in [4.69, 9.17) is 4.74 Å². The van der Waals surface area contributed by atoms with Crippen LogP contribution in [0, 0.1) is 0 Å². The van der Waals surface area contributed by atoms with Crippen LogP contribution in [-0.2, 0) is 33.4 Å². The van der Waals surface area contributed by atoms with Gasteiger partial charge in [-0.1, -0.05) is 36.4 Å². The van der Waals surface area contributed by atoms with Crippen LogP contribution < -0.4 is 5.32 Å². The molecule has 9 heteroatoms. The SMILES string of the molecule is C=CCn1c(CN(C[C@H]2CCCO2)C(=O)NCC)cnc1S(=O)(=O)Cc1ccccc1. The van der Waals surface area contributed by atoms with Gasteiger partial charge < -0.3 is 19.5 Å². The van der Waals surface area contributed by atoms with Crippen LogP contribution in [0.3, 0.4) is 0 Å². The van der Waals surface area contributed by atoms with Gasteiger partial charge in [-0.2, -0.15) is 0 Å². The fraction of sp³-hybridized carbons (Fsp3) is 0.455. The lowest BCUT2D eigenvalue weighted by atomic mass is 10.2. The fourth-order valence-corrected chi connectivity index (χ4v) is 5.16. The maximum absolute atomic E-state index is 13.1. The second-order valence-electron chi connectivity index (χ2n) is 7.53. The predicted molar refractivity (Wildman–Crippen MR) is 118 cm³/mol. The molecule has 0 unspecified atom stereocenters. The Morgan fingerprint density at radius 1 is 1.39 bits per heavy atom. The zero-order valence-electron chi connectivity index (χ0n) is 17.9. The number of imidazole rings is 1. The average Bonchev–Trinajstić information content (AvgIpc) is 3.39.